The highest BCUT2D eigenvalue weighted by Crippen LogP contribution is 2.18. The van der Waals surface area contributed by atoms with E-state index in [1.165, 1.54) is 210 Å². The Morgan fingerprint density at radius 2 is 0.674 bits per heavy atom. The lowest BCUT2D eigenvalue weighted by Gasteiger charge is -2.41. The number of nitrogens with zero attached hydrogens (tertiary/aromatic N) is 1. The van der Waals surface area contributed by atoms with Gasteiger partial charge in [0.05, 0.1) is 26.3 Å². The number of rotatable bonds is 32. The quantitative estimate of drug-likeness (QED) is 0.0411. The first kappa shape index (κ1) is 42.7. The minimum atomic E-state index is 0. The minimum absolute atomic E-state index is 0. The van der Waals surface area contributed by atoms with Gasteiger partial charge in [-0.25, -0.2) is 0 Å². The van der Waals surface area contributed by atoms with Crippen LogP contribution in [0.25, 0.3) is 0 Å². The van der Waals surface area contributed by atoms with Crippen LogP contribution in [0.5, 0.6) is 0 Å². The van der Waals surface area contributed by atoms with Gasteiger partial charge in [-0.15, -0.1) is 0 Å². The first-order valence-electron chi connectivity index (χ1n) is 19.6. The van der Waals surface area contributed by atoms with Crippen molar-refractivity contribution in [2.45, 2.75) is 194 Å². The molecular formula is C40H78ClNO. The summed E-state index contributed by atoms with van der Waals surface area (Å²) in [4.78, 5) is 0. The molecule has 1 heterocycles. The Morgan fingerprint density at radius 1 is 0.395 bits per heavy atom. The van der Waals surface area contributed by atoms with Gasteiger partial charge in [0.1, 0.15) is 13.1 Å². The largest absolute Gasteiger partial charge is 1.00 e. The molecule has 0 aliphatic carbocycles. The molecule has 0 aromatic rings. The highest BCUT2D eigenvalue weighted by molar-refractivity contribution is 4.82. The third-order valence-corrected chi connectivity index (χ3v) is 9.71. The fourth-order valence-electron chi connectivity index (χ4n) is 6.68. The van der Waals surface area contributed by atoms with E-state index < -0.39 is 0 Å². The van der Waals surface area contributed by atoms with E-state index in [1.807, 2.05) is 0 Å². The van der Waals surface area contributed by atoms with E-state index in [-0.39, 0.29) is 12.4 Å². The summed E-state index contributed by atoms with van der Waals surface area (Å²) >= 11 is 0. The van der Waals surface area contributed by atoms with Crippen molar-refractivity contribution in [3.8, 4) is 0 Å². The minimum Gasteiger partial charge on any atom is -1.00 e. The number of hydrogen-bond acceptors (Lipinski definition) is 1. The molecule has 1 saturated heterocycles. The Hall–Kier alpha value is -0.310. The van der Waals surface area contributed by atoms with Crippen LogP contribution >= 0.6 is 0 Å². The number of halogens is 1. The lowest BCUT2D eigenvalue weighted by atomic mass is 10.1. The number of allylic oxidation sites excluding steroid dienone is 4. The summed E-state index contributed by atoms with van der Waals surface area (Å²) in [6.45, 7) is 11.9. The molecule has 1 fully saturated rings. The smallest absolute Gasteiger partial charge is 0.102 e. The Labute approximate surface area is 278 Å². The number of hydrogen-bond donors (Lipinski definition) is 0. The molecule has 1 rings (SSSR count). The van der Waals surface area contributed by atoms with Crippen LogP contribution in [-0.2, 0) is 4.74 Å². The van der Waals surface area contributed by atoms with E-state index in [4.69, 9.17) is 4.74 Å². The fraction of sp³-hybridized carbons (Fsp3) is 0.900. The van der Waals surface area contributed by atoms with Gasteiger partial charge in [0.25, 0.3) is 0 Å². The predicted octanol–water partition coefficient (Wildman–Crippen LogP) is 9.91. The van der Waals surface area contributed by atoms with Gasteiger partial charge in [0, 0.05) is 0 Å². The van der Waals surface area contributed by atoms with Crippen LogP contribution in [-0.4, -0.2) is 43.9 Å². The van der Waals surface area contributed by atoms with Gasteiger partial charge in [-0.2, -0.15) is 0 Å². The molecule has 0 aromatic heterocycles. The standard InChI is InChI=1S/C40H78NO.ClH/c1-3-5-7-9-11-13-15-17-19-21-23-25-27-29-31-33-35-41(37-39-42-40-38-41)36-34-32-30-28-26-24-22-20-18-16-14-12-10-8-6-4-2;/h17-20H,3-16,21-40H2,1-2H3;1H/q+1;/p-1/b19-17-,20-18-;. The lowest BCUT2D eigenvalue weighted by Crippen LogP contribution is -3.00. The molecule has 0 unspecified atom stereocenters. The molecule has 0 bridgehead atoms. The van der Waals surface area contributed by atoms with Crippen LogP contribution in [0.1, 0.15) is 194 Å². The Kier molecular flexibility index (Phi) is 34.3. The second kappa shape index (κ2) is 34.6. The zero-order chi connectivity index (χ0) is 30.1. The third-order valence-electron chi connectivity index (χ3n) is 9.71. The van der Waals surface area contributed by atoms with Gasteiger partial charge in [-0.1, -0.05) is 141 Å². The molecule has 1 aliphatic heterocycles. The van der Waals surface area contributed by atoms with E-state index in [0.717, 1.165) is 13.2 Å². The molecule has 43 heavy (non-hydrogen) atoms. The predicted molar refractivity (Wildman–Crippen MR) is 189 cm³/mol. The fourth-order valence-corrected chi connectivity index (χ4v) is 6.68. The molecule has 256 valence electrons. The van der Waals surface area contributed by atoms with Crippen LogP contribution in [0.4, 0.5) is 0 Å². The SMILES string of the molecule is CCCCCCCC/C=C\CCCCCCCC[N+]1(CCCCCCCC/C=C\CCCCCCCC)CCOCC1.[Cl-]. The third kappa shape index (κ3) is 28.9. The first-order valence-corrected chi connectivity index (χ1v) is 19.6. The molecule has 3 heteroatoms. The van der Waals surface area contributed by atoms with E-state index in [2.05, 4.69) is 38.2 Å². The summed E-state index contributed by atoms with van der Waals surface area (Å²) in [5, 5.41) is 0. The first-order chi connectivity index (χ1) is 20.8. The summed E-state index contributed by atoms with van der Waals surface area (Å²) in [7, 11) is 0. The van der Waals surface area contributed by atoms with Gasteiger partial charge in [0.2, 0.25) is 0 Å². The molecule has 1 aliphatic rings. The number of morpholine rings is 1. The van der Waals surface area contributed by atoms with Crippen LogP contribution in [0, 0.1) is 0 Å². The van der Waals surface area contributed by atoms with E-state index >= 15 is 0 Å². The van der Waals surface area contributed by atoms with Gasteiger partial charge in [-0.3, -0.25) is 0 Å². The summed E-state index contributed by atoms with van der Waals surface area (Å²) in [6, 6.07) is 0. The van der Waals surface area contributed by atoms with Crippen molar-refractivity contribution < 1.29 is 21.6 Å². The maximum atomic E-state index is 5.76. The van der Waals surface area contributed by atoms with E-state index in [0.29, 0.717) is 0 Å². The normalized spacial score (nSPS) is 15.0. The molecule has 0 saturated carbocycles. The van der Waals surface area contributed by atoms with Crippen molar-refractivity contribution in [1.82, 2.24) is 0 Å². The highest BCUT2D eigenvalue weighted by atomic mass is 35.5. The molecule has 0 radical (unpaired) electrons. The maximum Gasteiger partial charge on any atom is 0.102 e. The summed E-state index contributed by atoms with van der Waals surface area (Å²) in [5.41, 5.74) is 0. The van der Waals surface area contributed by atoms with Gasteiger partial charge in [-0.05, 0) is 77.0 Å². The second-order valence-electron chi connectivity index (χ2n) is 13.7. The zero-order valence-electron chi connectivity index (χ0n) is 29.6. The van der Waals surface area contributed by atoms with Gasteiger partial charge in [0.15, 0.2) is 0 Å². The van der Waals surface area contributed by atoms with Gasteiger partial charge >= 0.3 is 0 Å². The van der Waals surface area contributed by atoms with Crippen LogP contribution < -0.4 is 12.4 Å². The number of ether oxygens (including phenoxy) is 1. The second-order valence-corrected chi connectivity index (χ2v) is 13.7. The molecule has 2 nitrogen and oxygen atoms in total. The van der Waals surface area contributed by atoms with E-state index in [9.17, 15) is 0 Å². The van der Waals surface area contributed by atoms with Crippen LogP contribution in [0.2, 0.25) is 0 Å². The summed E-state index contributed by atoms with van der Waals surface area (Å²) in [6.07, 6.45) is 49.0. The van der Waals surface area contributed by atoms with Crippen molar-refractivity contribution in [1.29, 1.82) is 0 Å². The Balaban J connectivity index is 0.0000176. The zero-order valence-corrected chi connectivity index (χ0v) is 30.3. The van der Waals surface area contributed by atoms with Crippen LogP contribution in [0.3, 0.4) is 0 Å². The van der Waals surface area contributed by atoms with Crippen molar-refractivity contribution in [2.75, 3.05) is 39.4 Å². The van der Waals surface area contributed by atoms with Crippen molar-refractivity contribution in [2.24, 2.45) is 0 Å². The maximum absolute atomic E-state index is 5.76. The highest BCUT2D eigenvalue weighted by Gasteiger charge is 2.29. The van der Waals surface area contributed by atoms with Gasteiger partial charge < -0.3 is 21.6 Å². The molecular weight excluding hydrogens is 546 g/mol. The van der Waals surface area contributed by atoms with Crippen molar-refractivity contribution >= 4 is 0 Å². The Morgan fingerprint density at radius 3 is 1.00 bits per heavy atom. The lowest BCUT2D eigenvalue weighted by molar-refractivity contribution is -0.935. The van der Waals surface area contributed by atoms with Crippen molar-refractivity contribution in [3.63, 3.8) is 0 Å². The molecule has 0 aromatic carbocycles. The monoisotopic (exact) mass is 624 g/mol. The molecule has 0 amide bonds. The van der Waals surface area contributed by atoms with Crippen LogP contribution in [0.15, 0.2) is 24.3 Å². The Bertz CT molecular complexity index is 539. The summed E-state index contributed by atoms with van der Waals surface area (Å²) in [5.74, 6) is 0. The number of quaternary nitrogens is 1. The molecule has 0 atom stereocenters. The van der Waals surface area contributed by atoms with E-state index in [1.54, 1.807) is 0 Å². The topological polar surface area (TPSA) is 9.23 Å². The molecule has 0 spiro atoms. The summed E-state index contributed by atoms with van der Waals surface area (Å²) < 4.78 is 7.12. The number of unbranched alkanes of at least 4 members (excludes halogenated alkanes) is 24. The average molecular weight is 625 g/mol. The average Bonchev–Trinajstić information content (AvgIpc) is 3.01. The van der Waals surface area contributed by atoms with Crippen molar-refractivity contribution in [3.05, 3.63) is 24.3 Å². The molecule has 0 N–H and O–H groups in total.